The molecule has 0 aliphatic carbocycles. The molecule has 2 heterocycles. The first-order valence-corrected chi connectivity index (χ1v) is 11.9. The van der Waals surface area contributed by atoms with Crippen molar-refractivity contribution in [2.24, 2.45) is 0 Å². The van der Waals surface area contributed by atoms with Crippen LogP contribution >= 0.6 is 0 Å². The van der Waals surface area contributed by atoms with E-state index >= 15 is 0 Å². The Morgan fingerprint density at radius 2 is 1.78 bits per heavy atom. The van der Waals surface area contributed by atoms with Crippen molar-refractivity contribution in [3.8, 4) is 0 Å². The number of rotatable bonds is 7. The number of piperazine rings is 1. The first kappa shape index (κ1) is 22.6. The smallest absolute Gasteiger partial charge is 0.410 e. The van der Waals surface area contributed by atoms with E-state index < -0.39 is 0 Å². The van der Waals surface area contributed by atoms with Crippen LogP contribution in [0.5, 0.6) is 0 Å². The zero-order chi connectivity index (χ0) is 22.2. The Labute approximate surface area is 191 Å². The molecule has 4 rings (SSSR count). The van der Waals surface area contributed by atoms with E-state index in [9.17, 15) is 4.79 Å². The molecule has 1 amide bonds. The predicted octanol–water partition coefficient (Wildman–Crippen LogP) is 4.05. The quantitative estimate of drug-likeness (QED) is 0.708. The molecule has 0 bridgehead atoms. The van der Waals surface area contributed by atoms with Crippen molar-refractivity contribution < 1.29 is 14.6 Å². The van der Waals surface area contributed by atoms with E-state index in [0.29, 0.717) is 6.61 Å². The van der Waals surface area contributed by atoms with Crippen LogP contribution in [0, 0.1) is 0 Å². The summed E-state index contributed by atoms with van der Waals surface area (Å²) in [7, 11) is 0. The molecule has 0 aromatic heterocycles. The molecule has 2 saturated heterocycles. The second-order valence-electron chi connectivity index (χ2n) is 8.75. The SMILES string of the molecule is O=C(OCc1ccccc1)N1CCCCC1c1cccc(N2CCN(CCCO)CC2)c1. The van der Waals surface area contributed by atoms with Crippen molar-refractivity contribution >= 4 is 11.8 Å². The van der Waals surface area contributed by atoms with Crippen LogP contribution in [0.2, 0.25) is 0 Å². The molecule has 0 saturated carbocycles. The number of amides is 1. The van der Waals surface area contributed by atoms with Gasteiger partial charge in [-0.2, -0.15) is 0 Å². The molecule has 1 atom stereocenters. The van der Waals surface area contributed by atoms with Gasteiger partial charge in [0.05, 0.1) is 6.04 Å². The lowest BCUT2D eigenvalue weighted by Gasteiger charge is -2.38. The fourth-order valence-electron chi connectivity index (χ4n) is 4.75. The number of hydrogen-bond acceptors (Lipinski definition) is 5. The first-order valence-electron chi connectivity index (χ1n) is 11.9. The minimum atomic E-state index is -0.221. The van der Waals surface area contributed by atoms with E-state index in [4.69, 9.17) is 9.84 Å². The maximum atomic E-state index is 12.9. The summed E-state index contributed by atoms with van der Waals surface area (Å²) in [5.74, 6) is 0. The number of piperidine rings is 1. The molecule has 0 spiro atoms. The fraction of sp³-hybridized carbons (Fsp3) is 0.500. The summed E-state index contributed by atoms with van der Waals surface area (Å²) < 4.78 is 5.66. The molecule has 2 aliphatic heterocycles. The second-order valence-corrected chi connectivity index (χ2v) is 8.75. The zero-order valence-corrected chi connectivity index (χ0v) is 18.9. The van der Waals surface area contributed by atoms with Gasteiger partial charge in [0.2, 0.25) is 0 Å². The Balaban J connectivity index is 1.39. The number of aliphatic hydroxyl groups is 1. The number of carbonyl (C=O) groups is 1. The van der Waals surface area contributed by atoms with Crippen LogP contribution in [0.1, 0.15) is 42.9 Å². The standard InChI is InChI=1S/C26H35N3O3/c30-19-7-13-27-15-17-28(18-16-27)24-11-6-10-23(20-24)25-12-4-5-14-29(25)26(31)32-21-22-8-2-1-3-9-22/h1-3,6,8-11,20,25,30H,4-5,7,12-19,21H2. The highest BCUT2D eigenvalue weighted by Gasteiger charge is 2.29. The molecule has 2 aromatic carbocycles. The third-order valence-corrected chi connectivity index (χ3v) is 6.57. The van der Waals surface area contributed by atoms with Gasteiger partial charge in [-0.05, 0) is 48.9 Å². The van der Waals surface area contributed by atoms with Crippen molar-refractivity contribution in [2.75, 3.05) is 50.8 Å². The normalized spacial score (nSPS) is 19.7. The summed E-state index contributed by atoms with van der Waals surface area (Å²) in [6.07, 6.45) is 3.74. The largest absolute Gasteiger partial charge is 0.445 e. The highest BCUT2D eigenvalue weighted by Crippen LogP contribution is 2.33. The molecule has 1 unspecified atom stereocenters. The van der Waals surface area contributed by atoms with E-state index in [1.807, 2.05) is 35.2 Å². The second kappa shape index (κ2) is 11.3. The highest BCUT2D eigenvalue weighted by molar-refractivity contribution is 5.68. The Hall–Kier alpha value is -2.57. The Bertz CT molecular complexity index is 852. The minimum Gasteiger partial charge on any atom is -0.445 e. The molecule has 2 fully saturated rings. The molecule has 6 nitrogen and oxygen atoms in total. The van der Waals surface area contributed by atoms with Gasteiger partial charge in [-0.3, -0.25) is 4.90 Å². The molecule has 2 aliphatic rings. The van der Waals surface area contributed by atoms with Gasteiger partial charge in [0.1, 0.15) is 6.61 Å². The summed E-state index contributed by atoms with van der Waals surface area (Å²) >= 11 is 0. The highest BCUT2D eigenvalue weighted by atomic mass is 16.6. The lowest BCUT2D eigenvalue weighted by atomic mass is 9.95. The molecule has 0 radical (unpaired) electrons. The van der Waals surface area contributed by atoms with Crippen molar-refractivity contribution in [1.29, 1.82) is 0 Å². The third kappa shape index (κ3) is 5.81. The summed E-state index contributed by atoms with van der Waals surface area (Å²) in [4.78, 5) is 19.7. The number of likely N-dealkylation sites (tertiary alicyclic amines) is 1. The maximum Gasteiger partial charge on any atom is 0.410 e. The number of hydrogen-bond donors (Lipinski definition) is 1. The van der Waals surface area contributed by atoms with Crippen LogP contribution in [0.15, 0.2) is 54.6 Å². The summed E-state index contributed by atoms with van der Waals surface area (Å²) in [6.45, 7) is 6.29. The number of benzene rings is 2. The van der Waals surface area contributed by atoms with Gasteiger partial charge >= 0.3 is 6.09 Å². The molecule has 6 heteroatoms. The molecule has 172 valence electrons. The molecule has 2 aromatic rings. The number of ether oxygens (including phenoxy) is 1. The number of anilines is 1. The van der Waals surface area contributed by atoms with Crippen molar-refractivity contribution in [3.05, 3.63) is 65.7 Å². The summed E-state index contributed by atoms with van der Waals surface area (Å²) in [5, 5.41) is 9.06. The van der Waals surface area contributed by atoms with Crippen molar-refractivity contribution in [2.45, 2.75) is 38.3 Å². The summed E-state index contributed by atoms with van der Waals surface area (Å²) in [6, 6.07) is 18.6. The Morgan fingerprint density at radius 1 is 0.969 bits per heavy atom. The first-order chi connectivity index (χ1) is 15.7. The Morgan fingerprint density at radius 3 is 2.56 bits per heavy atom. The van der Waals surface area contributed by atoms with Crippen LogP contribution in [0.4, 0.5) is 10.5 Å². The number of aliphatic hydroxyl groups excluding tert-OH is 1. The van der Waals surface area contributed by atoms with Gasteiger partial charge in [0, 0.05) is 51.6 Å². The van der Waals surface area contributed by atoms with E-state index in [1.54, 1.807) is 0 Å². The lowest BCUT2D eigenvalue weighted by molar-refractivity contribution is 0.0679. The topological polar surface area (TPSA) is 56.2 Å². The van der Waals surface area contributed by atoms with Gasteiger partial charge in [0.25, 0.3) is 0 Å². The van der Waals surface area contributed by atoms with E-state index in [-0.39, 0.29) is 18.7 Å². The van der Waals surface area contributed by atoms with Crippen LogP contribution < -0.4 is 4.90 Å². The average Bonchev–Trinajstić information content (AvgIpc) is 2.87. The van der Waals surface area contributed by atoms with Gasteiger partial charge in [0.15, 0.2) is 0 Å². The van der Waals surface area contributed by atoms with Gasteiger partial charge in [-0.15, -0.1) is 0 Å². The zero-order valence-electron chi connectivity index (χ0n) is 18.9. The van der Waals surface area contributed by atoms with Gasteiger partial charge in [-0.1, -0.05) is 42.5 Å². The molecule has 32 heavy (non-hydrogen) atoms. The summed E-state index contributed by atoms with van der Waals surface area (Å²) in [5.41, 5.74) is 3.43. The average molecular weight is 438 g/mol. The van der Waals surface area contributed by atoms with Crippen LogP contribution in [-0.4, -0.2) is 66.9 Å². The van der Waals surface area contributed by atoms with Crippen molar-refractivity contribution in [1.82, 2.24) is 9.80 Å². The monoisotopic (exact) mass is 437 g/mol. The fourth-order valence-corrected chi connectivity index (χ4v) is 4.75. The van der Waals surface area contributed by atoms with Crippen LogP contribution in [-0.2, 0) is 11.3 Å². The van der Waals surface area contributed by atoms with Crippen molar-refractivity contribution in [3.63, 3.8) is 0 Å². The Kier molecular flexibility index (Phi) is 8.02. The number of nitrogens with zero attached hydrogens (tertiary/aromatic N) is 3. The predicted molar refractivity (Wildman–Crippen MR) is 127 cm³/mol. The minimum absolute atomic E-state index is 0.0674. The van der Waals surface area contributed by atoms with E-state index in [0.717, 1.165) is 70.5 Å². The maximum absolute atomic E-state index is 12.9. The third-order valence-electron chi connectivity index (χ3n) is 6.57. The van der Waals surface area contributed by atoms with Gasteiger partial charge < -0.3 is 19.6 Å². The van der Waals surface area contributed by atoms with Crippen LogP contribution in [0.3, 0.4) is 0 Å². The number of carbonyl (C=O) groups excluding carboxylic acids is 1. The van der Waals surface area contributed by atoms with Crippen LogP contribution in [0.25, 0.3) is 0 Å². The van der Waals surface area contributed by atoms with E-state index in [2.05, 4.69) is 34.1 Å². The van der Waals surface area contributed by atoms with E-state index in [1.165, 1.54) is 11.3 Å². The lowest BCUT2D eigenvalue weighted by Crippen LogP contribution is -2.46. The van der Waals surface area contributed by atoms with Gasteiger partial charge in [-0.25, -0.2) is 4.79 Å². The molecular formula is C26H35N3O3. The molecule has 1 N–H and O–H groups in total. The molecular weight excluding hydrogens is 402 g/mol.